The maximum atomic E-state index is 12.5. The van der Waals surface area contributed by atoms with Gasteiger partial charge >= 0.3 is 6.09 Å². The molecular weight excluding hydrogens is 322 g/mol. The summed E-state index contributed by atoms with van der Waals surface area (Å²) in [7, 11) is 0. The Balaban J connectivity index is 1.75. The lowest BCUT2D eigenvalue weighted by Gasteiger charge is -2.30. The quantitative estimate of drug-likeness (QED) is 0.872. The fraction of sp³-hybridized carbons (Fsp3) is 0.412. The summed E-state index contributed by atoms with van der Waals surface area (Å²) in [6.07, 6.45) is 3.40. The Morgan fingerprint density at radius 1 is 1.36 bits per heavy atom. The number of anilines is 1. The first kappa shape index (κ1) is 16.9. The summed E-state index contributed by atoms with van der Waals surface area (Å²) in [4.78, 5) is 30.3. The number of aromatic amines is 1. The van der Waals surface area contributed by atoms with Crippen molar-refractivity contribution >= 4 is 17.7 Å². The molecule has 0 spiro atoms. The number of nitrogens with zero attached hydrogens (tertiary/aromatic N) is 3. The minimum Gasteiger partial charge on any atom is -0.444 e. The summed E-state index contributed by atoms with van der Waals surface area (Å²) in [5.74, 6) is -0.337. The van der Waals surface area contributed by atoms with Gasteiger partial charge in [0, 0.05) is 30.4 Å². The number of aromatic nitrogens is 3. The number of pyridine rings is 1. The van der Waals surface area contributed by atoms with E-state index in [0.717, 1.165) is 11.3 Å². The van der Waals surface area contributed by atoms with Crippen LogP contribution in [0.5, 0.6) is 0 Å². The van der Waals surface area contributed by atoms with E-state index < -0.39 is 11.7 Å². The molecule has 8 nitrogen and oxygen atoms in total. The SMILES string of the molecule is CC(C)(C)OC(=O)N1CCc2[nH]nc(C(=O)Nc3cccnc3)c2C1. The molecule has 132 valence electrons. The monoisotopic (exact) mass is 343 g/mol. The van der Waals surface area contributed by atoms with Crippen LogP contribution in [-0.4, -0.2) is 44.2 Å². The lowest BCUT2D eigenvalue weighted by Crippen LogP contribution is -2.40. The van der Waals surface area contributed by atoms with Gasteiger partial charge in [0.15, 0.2) is 5.69 Å². The van der Waals surface area contributed by atoms with Crippen molar-refractivity contribution in [2.45, 2.75) is 39.3 Å². The number of nitrogens with one attached hydrogen (secondary N) is 2. The third-order valence-corrected chi connectivity index (χ3v) is 3.72. The van der Waals surface area contributed by atoms with E-state index in [-0.39, 0.29) is 18.1 Å². The van der Waals surface area contributed by atoms with Gasteiger partial charge in [-0.05, 0) is 32.9 Å². The van der Waals surface area contributed by atoms with Gasteiger partial charge in [-0.1, -0.05) is 0 Å². The highest BCUT2D eigenvalue weighted by atomic mass is 16.6. The largest absolute Gasteiger partial charge is 0.444 e. The molecular formula is C17H21N5O3. The van der Waals surface area contributed by atoms with E-state index in [2.05, 4.69) is 20.5 Å². The van der Waals surface area contributed by atoms with Crippen LogP contribution in [-0.2, 0) is 17.7 Å². The van der Waals surface area contributed by atoms with Crippen LogP contribution >= 0.6 is 0 Å². The minimum absolute atomic E-state index is 0.284. The summed E-state index contributed by atoms with van der Waals surface area (Å²) in [6, 6.07) is 3.48. The maximum Gasteiger partial charge on any atom is 0.410 e. The van der Waals surface area contributed by atoms with Gasteiger partial charge in [-0.25, -0.2) is 4.79 Å². The molecule has 3 rings (SSSR count). The molecule has 0 radical (unpaired) electrons. The van der Waals surface area contributed by atoms with Crippen molar-refractivity contribution in [2.75, 3.05) is 11.9 Å². The van der Waals surface area contributed by atoms with Crippen molar-refractivity contribution in [2.24, 2.45) is 0 Å². The fourth-order valence-electron chi connectivity index (χ4n) is 2.59. The number of hydrogen-bond acceptors (Lipinski definition) is 5. The van der Waals surface area contributed by atoms with Gasteiger partial charge in [0.25, 0.3) is 5.91 Å². The Morgan fingerprint density at radius 3 is 2.84 bits per heavy atom. The van der Waals surface area contributed by atoms with Gasteiger partial charge < -0.3 is 15.0 Å². The van der Waals surface area contributed by atoms with E-state index in [1.807, 2.05) is 20.8 Å². The zero-order valence-electron chi connectivity index (χ0n) is 14.5. The number of hydrogen-bond donors (Lipinski definition) is 2. The van der Waals surface area contributed by atoms with Gasteiger partial charge in [-0.15, -0.1) is 0 Å². The minimum atomic E-state index is -0.561. The van der Waals surface area contributed by atoms with Crippen molar-refractivity contribution in [3.05, 3.63) is 41.5 Å². The lowest BCUT2D eigenvalue weighted by atomic mass is 10.1. The maximum absolute atomic E-state index is 12.5. The fourth-order valence-corrected chi connectivity index (χ4v) is 2.59. The average Bonchev–Trinajstić information content (AvgIpc) is 2.97. The molecule has 2 N–H and O–H groups in total. The molecule has 25 heavy (non-hydrogen) atoms. The zero-order chi connectivity index (χ0) is 18.0. The predicted molar refractivity (Wildman–Crippen MR) is 91.1 cm³/mol. The summed E-state index contributed by atoms with van der Waals surface area (Å²) in [5, 5.41) is 9.78. The molecule has 2 aromatic rings. The molecule has 0 unspecified atom stereocenters. The van der Waals surface area contributed by atoms with Crippen LogP contribution < -0.4 is 5.32 Å². The molecule has 0 saturated carbocycles. The number of fused-ring (bicyclic) bond motifs is 1. The van der Waals surface area contributed by atoms with Crippen molar-refractivity contribution in [1.29, 1.82) is 0 Å². The summed E-state index contributed by atoms with van der Waals surface area (Å²) < 4.78 is 5.41. The number of rotatable bonds is 2. The molecule has 1 aliphatic rings. The Labute approximate surface area is 145 Å². The molecule has 8 heteroatoms. The van der Waals surface area contributed by atoms with Crippen LogP contribution in [0.3, 0.4) is 0 Å². The molecule has 3 heterocycles. The van der Waals surface area contributed by atoms with E-state index in [1.165, 1.54) is 0 Å². The van der Waals surface area contributed by atoms with Crippen LogP contribution in [0.4, 0.5) is 10.5 Å². The van der Waals surface area contributed by atoms with Crippen LogP contribution in [0, 0.1) is 0 Å². The van der Waals surface area contributed by atoms with E-state index in [0.29, 0.717) is 18.7 Å². The smallest absolute Gasteiger partial charge is 0.410 e. The summed E-state index contributed by atoms with van der Waals surface area (Å²) in [5.41, 5.74) is 1.90. The van der Waals surface area contributed by atoms with Gasteiger partial charge in [0.05, 0.1) is 18.4 Å². The number of H-pyrrole nitrogens is 1. The Morgan fingerprint density at radius 2 is 2.16 bits per heavy atom. The van der Waals surface area contributed by atoms with Gasteiger partial charge in [0.2, 0.25) is 0 Å². The lowest BCUT2D eigenvalue weighted by molar-refractivity contribution is 0.0222. The summed E-state index contributed by atoms with van der Waals surface area (Å²) in [6.45, 7) is 6.28. The highest BCUT2D eigenvalue weighted by Gasteiger charge is 2.30. The van der Waals surface area contributed by atoms with Crippen molar-refractivity contribution in [3.8, 4) is 0 Å². The second-order valence-electron chi connectivity index (χ2n) is 6.88. The highest BCUT2D eigenvalue weighted by Crippen LogP contribution is 2.23. The van der Waals surface area contributed by atoms with Crippen molar-refractivity contribution in [1.82, 2.24) is 20.1 Å². The Hall–Kier alpha value is -2.90. The van der Waals surface area contributed by atoms with Gasteiger partial charge in [-0.2, -0.15) is 5.10 Å². The topological polar surface area (TPSA) is 100 Å². The van der Waals surface area contributed by atoms with Gasteiger partial charge in [-0.3, -0.25) is 14.9 Å². The van der Waals surface area contributed by atoms with E-state index in [1.54, 1.807) is 29.4 Å². The first-order valence-corrected chi connectivity index (χ1v) is 8.09. The van der Waals surface area contributed by atoms with Crippen LogP contribution in [0.15, 0.2) is 24.5 Å². The van der Waals surface area contributed by atoms with Crippen molar-refractivity contribution in [3.63, 3.8) is 0 Å². The number of amides is 2. The molecule has 0 aliphatic carbocycles. The second kappa shape index (κ2) is 6.54. The van der Waals surface area contributed by atoms with E-state index in [9.17, 15) is 9.59 Å². The van der Waals surface area contributed by atoms with Gasteiger partial charge in [0.1, 0.15) is 5.60 Å². The second-order valence-corrected chi connectivity index (χ2v) is 6.88. The number of ether oxygens (including phenoxy) is 1. The third kappa shape index (κ3) is 3.96. The van der Waals surface area contributed by atoms with E-state index >= 15 is 0 Å². The molecule has 0 fully saturated rings. The third-order valence-electron chi connectivity index (χ3n) is 3.72. The first-order valence-electron chi connectivity index (χ1n) is 8.09. The number of carbonyl (C=O) groups excluding carboxylic acids is 2. The molecule has 2 aromatic heterocycles. The molecule has 1 aliphatic heterocycles. The standard InChI is InChI=1S/C17H21N5O3/c1-17(2,3)25-16(24)22-8-6-13-12(10-22)14(21-20-13)15(23)19-11-5-4-7-18-9-11/h4-5,7,9H,6,8,10H2,1-3H3,(H,19,23)(H,20,21). The molecule has 2 amide bonds. The molecule has 0 saturated heterocycles. The average molecular weight is 343 g/mol. The van der Waals surface area contributed by atoms with Crippen molar-refractivity contribution < 1.29 is 14.3 Å². The summed E-state index contributed by atoms with van der Waals surface area (Å²) >= 11 is 0. The van der Waals surface area contributed by atoms with Crippen LogP contribution in [0.25, 0.3) is 0 Å². The molecule has 0 bridgehead atoms. The predicted octanol–water partition coefficient (Wildman–Crippen LogP) is 2.35. The van der Waals surface area contributed by atoms with Crippen LogP contribution in [0.1, 0.15) is 42.5 Å². The molecule has 0 atom stereocenters. The Bertz CT molecular complexity index is 779. The zero-order valence-corrected chi connectivity index (χ0v) is 14.5. The highest BCUT2D eigenvalue weighted by molar-refractivity contribution is 6.04. The molecule has 0 aromatic carbocycles. The van der Waals surface area contributed by atoms with E-state index in [4.69, 9.17) is 4.74 Å². The normalized spacial score (nSPS) is 14.0. The first-order chi connectivity index (χ1) is 11.8. The van der Waals surface area contributed by atoms with Crippen LogP contribution in [0.2, 0.25) is 0 Å². The number of carbonyl (C=O) groups is 2. The Kier molecular flexibility index (Phi) is 4.43.